The van der Waals surface area contributed by atoms with Crippen LogP contribution in [0.15, 0.2) is 155 Å². The molecule has 3 heteroatoms. The van der Waals surface area contributed by atoms with E-state index in [0.29, 0.717) is 3.63 Å². The van der Waals surface area contributed by atoms with Crippen LogP contribution in [0.1, 0.15) is 110 Å². The Morgan fingerprint density at radius 1 is 0.517 bits per heavy atom. The third-order valence-corrected chi connectivity index (χ3v) is 20.9. The van der Waals surface area contributed by atoms with E-state index in [9.17, 15) is 0 Å². The molecule has 0 N–H and O–H groups in total. The van der Waals surface area contributed by atoms with Crippen molar-refractivity contribution >= 4 is 3.21 Å². The monoisotopic (exact) mass is 904 g/mol. The standard InChI is InChI=1S/C37H41.C15H14.C5H5.2ClH.Zr/c1-9-24-15-11-13-17-28(24)32-20-26-19-27-21-33(29-18-14-12-16-25(29)10-2)35(37(6,7)8)23-31(27)30(26)22-34(32)36(3,4)5;1-3-8-14(9-4-1)12-7-13-15-10-5-2-6-11-15;1-2-4-5-3-1;;;/h11-23H,9-10H2,1-8H3;1-6,8-11H,12-13H2;1-3H,4H2;2*1H;/q;;;;;+2/p-2. The molecule has 0 aromatic heterocycles. The van der Waals surface area contributed by atoms with Gasteiger partial charge in [0.1, 0.15) is 0 Å². The maximum atomic E-state index is 2.71. The van der Waals surface area contributed by atoms with Crippen molar-refractivity contribution in [3.63, 3.8) is 0 Å². The summed E-state index contributed by atoms with van der Waals surface area (Å²) >= 11 is -2.83. The molecule has 6 aromatic rings. The van der Waals surface area contributed by atoms with Gasteiger partial charge in [0, 0.05) is 0 Å². The van der Waals surface area contributed by atoms with Crippen LogP contribution in [0.2, 0.25) is 0 Å². The van der Waals surface area contributed by atoms with Crippen LogP contribution in [-0.2, 0) is 57.8 Å². The van der Waals surface area contributed by atoms with Gasteiger partial charge in [-0.25, -0.2) is 0 Å². The van der Waals surface area contributed by atoms with E-state index in [-0.39, 0.29) is 35.6 Å². The molecule has 0 radical (unpaired) electrons. The van der Waals surface area contributed by atoms with Crippen molar-refractivity contribution in [2.75, 3.05) is 0 Å². The predicted molar refractivity (Wildman–Crippen MR) is 248 cm³/mol. The van der Waals surface area contributed by atoms with Crippen molar-refractivity contribution in [3.05, 3.63) is 199 Å². The van der Waals surface area contributed by atoms with Crippen LogP contribution in [0.25, 0.3) is 33.4 Å². The van der Waals surface area contributed by atoms with Crippen LogP contribution < -0.4 is 24.8 Å². The molecular formula is C57H60Cl2Zr. The van der Waals surface area contributed by atoms with Gasteiger partial charge in [-0.05, 0) is 0 Å². The summed E-state index contributed by atoms with van der Waals surface area (Å²) in [5, 5.41) is 0. The molecule has 0 amide bonds. The summed E-state index contributed by atoms with van der Waals surface area (Å²) in [5.74, 6) is 0. The quantitative estimate of drug-likeness (QED) is 0.129. The molecule has 0 aliphatic heterocycles. The summed E-state index contributed by atoms with van der Waals surface area (Å²) in [4.78, 5) is 0. The van der Waals surface area contributed by atoms with Gasteiger partial charge in [0.25, 0.3) is 0 Å². The van der Waals surface area contributed by atoms with Crippen molar-refractivity contribution in [2.24, 2.45) is 0 Å². The molecule has 0 heterocycles. The zero-order chi connectivity index (χ0) is 40.6. The number of hydrogen-bond donors (Lipinski definition) is 0. The normalized spacial score (nSPS) is 13.1. The molecule has 0 nitrogen and oxygen atoms in total. The van der Waals surface area contributed by atoms with E-state index in [0.717, 1.165) is 32.1 Å². The van der Waals surface area contributed by atoms with Gasteiger partial charge in [0.15, 0.2) is 0 Å². The number of fused-ring (bicyclic) bond motifs is 3. The van der Waals surface area contributed by atoms with E-state index >= 15 is 0 Å². The Hall–Kier alpha value is -3.87. The second-order valence-electron chi connectivity index (χ2n) is 18.6. The van der Waals surface area contributed by atoms with Crippen molar-refractivity contribution < 1.29 is 46.1 Å². The number of hydrogen-bond acceptors (Lipinski definition) is 0. The first-order valence-corrected chi connectivity index (χ1v) is 25.5. The summed E-state index contributed by atoms with van der Waals surface area (Å²) < 4.78 is 3.85. The molecule has 0 atom stereocenters. The van der Waals surface area contributed by atoms with Crippen molar-refractivity contribution in [1.82, 2.24) is 0 Å². The van der Waals surface area contributed by atoms with Gasteiger partial charge < -0.3 is 24.8 Å². The SMILES string of the molecule is CCc1ccccc1-c1cc2c(cc1C(C)(C)C)-c1cc(C(C)(C)C)c(-c3ccccc3CC)cc1[CH]2[Zr+2]([C]1=CC=CC1)=[C](Cc1ccccc1)Cc1ccccc1.[Cl-].[Cl-]. The summed E-state index contributed by atoms with van der Waals surface area (Å²) in [7, 11) is 0. The number of benzene rings is 6. The molecule has 0 fully saturated rings. The van der Waals surface area contributed by atoms with Crippen molar-refractivity contribution in [2.45, 2.75) is 102 Å². The summed E-state index contributed by atoms with van der Waals surface area (Å²) in [5.41, 5.74) is 20.2. The molecule has 2 aliphatic carbocycles. The van der Waals surface area contributed by atoms with Gasteiger partial charge >= 0.3 is 359 Å². The Balaban J connectivity index is 0.00000302. The van der Waals surface area contributed by atoms with Crippen molar-refractivity contribution in [3.8, 4) is 33.4 Å². The number of halogens is 2. The molecule has 8 rings (SSSR count). The topological polar surface area (TPSA) is 0 Å². The Bertz CT molecular complexity index is 2400. The Morgan fingerprint density at radius 2 is 0.933 bits per heavy atom. The summed E-state index contributed by atoms with van der Waals surface area (Å²) in [6.45, 7) is 19.1. The fourth-order valence-corrected chi connectivity index (χ4v) is 18.9. The molecule has 0 bridgehead atoms. The second-order valence-corrected chi connectivity index (χ2v) is 25.4. The van der Waals surface area contributed by atoms with Gasteiger partial charge in [-0.15, -0.1) is 0 Å². The molecule has 0 saturated heterocycles. The van der Waals surface area contributed by atoms with E-state index in [4.69, 9.17) is 0 Å². The molecule has 2 aliphatic rings. The maximum absolute atomic E-state index is 2.83. The van der Waals surface area contributed by atoms with E-state index in [2.05, 4.69) is 207 Å². The molecule has 0 unspecified atom stereocenters. The molecule has 6 aromatic carbocycles. The minimum Gasteiger partial charge on any atom is -1.00 e. The predicted octanol–water partition coefficient (Wildman–Crippen LogP) is 8.94. The van der Waals surface area contributed by atoms with Gasteiger partial charge in [-0.1, -0.05) is 0 Å². The fourth-order valence-electron chi connectivity index (χ4n) is 9.73. The Morgan fingerprint density at radius 3 is 1.32 bits per heavy atom. The summed E-state index contributed by atoms with van der Waals surface area (Å²) in [6, 6.07) is 51.8. The minimum atomic E-state index is -2.83. The van der Waals surface area contributed by atoms with E-state index in [1.165, 1.54) is 66.8 Å². The Kier molecular flexibility index (Phi) is 14.5. The third kappa shape index (κ3) is 9.16. The number of allylic oxidation sites excluding steroid dienone is 4. The van der Waals surface area contributed by atoms with Gasteiger partial charge in [-0.3, -0.25) is 0 Å². The van der Waals surface area contributed by atoms with E-state index in [1.807, 2.05) is 0 Å². The van der Waals surface area contributed by atoms with Crippen LogP contribution in [0.5, 0.6) is 0 Å². The Labute approximate surface area is 381 Å². The van der Waals surface area contributed by atoms with E-state index in [1.54, 1.807) is 17.6 Å². The maximum Gasteiger partial charge on any atom is -1.00 e. The van der Waals surface area contributed by atoms with Crippen LogP contribution in [0.3, 0.4) is 0 Å². The molecule has 306 valence electrons. The summed E-state index contributed by atoms with van der Waals surface area (Å²) in [6.07, 6.45) is 12.5. The molecule has 60 heavy (non-hydrogen) atoms. The van der Waals surface area contributed by atoms with Gasteiger partial charge in [0.2, 0.25) is 0 Å². The minimum absolute atomic E-state index is 0. The smallest absolute Gasteiger partial charge is 1.00 e. The first-order chi connectivity index (χ1) is 28.0. The van der Waals surface area contributed by atoms with E-state index < -0.39 is 21.3 Å². The number of aryl methyl sites for hydroxylation is 2. The van der Waals surface area contributed by atoms with Crippen LogP contribution in [-0.4, -0.2) is 3.21 Å². The molecule has 0 saturated carbocycles. The van der Waals surface area contributed by atoms with Gasteiger partial charge in [-0.2, -0.15) is 0 Å². The molecule has 0 spiro atoms. The third-order valence-electron chi connectivity index (χ3n) is 12.6. The van der Waals surface area contributed by atoms with Crippen LogP contribution in [0, 0.1) is 0 Å². The first-order valence-electron chi connectivity index (χ1n) is 21.7. The second kappa shape index (κ2) is 19.0. The molecular weight excluding hydrogens is 847 g/mol. The largest absolute Gasteiger partial charge is 1.00 e. The average Bonchev–Trinajstić information content (AvgIpc) is 3.87. The van der Waals surface area contributed by atoms with Crippen LogP contribution >= 0.6 is 0 Å². The van der Waals surface area contributed by atoms with Gasteiger partial charge in [0.05, 0.1) is 0 Å². The first kappa shape index (κ1) is 45.7. The zero-order valence-electron chi connectivity index (χ0n) is 36.8. The number of rotatable bonds is 10. The van der Waals surface area contributed by atoms with Crippen molar-refractivity contribution in [1.29, 1.82) is 0 Å². The van der Waals surface area contributed by atoms with Crippen LogP contribution in [0.4, 0.5) is 0 Å². The fraction of sp³-hybridized carbons (Fsp3) is 0.281. The average molecular weight is 907 g/mol. The zero-order valence-corrected chi connectivity index (χ0v) is 40.8.